The molecule has 2 aromatic carbocycles. The van der Waals surface area contributed by atoms with E-state index < -0.39 is 6.10 Å². The number of carbonyl (C=O) groups excluding carboxylic acids is 1. The first-order chi connectivity index (χ1) is 13.2. The molecule has 0 saturated carbocycles. The van der Waals surface area contributed by atoms with Crippen molar-refractivity contribution in [3.05, 3.63) is 54.1 Å². The van der Waals surface area contributed by atoms with Crippen molar-refractivity contribution >= 4 is 23.4 Å². The average molecular weight is 385 g/mol. The Labute approximate surface area is 164 Å². The second kappa shape index (κ2) is 8.23. The number of ether oxygens (including phenoxy) is 2. The molecule has 0 bridgehead atoms. The van der Waals surface area contributed by atoms with Crippen LogP contribution in [0.2, 0.25) is 0 Å². The van der Waals surface area contributed by atoms with E-state index in [2.05, 4.69) is 17.0 Å². The van der Waals surface area contributed by atoms with Crippen molar-refractivity contribution in [2.24, 2.45) is 0 Å². The monoisotopic (exact) mass is 384 g/mol. The first-order valence-corrected chi connectivity index (χ1v) is 10.2. The maximum atomic E-state index is 13.0. The van der Waals surface area contributed by atoms with Gasteiger partial charge in [0.15, 0.2) is 6.10 Å². The number of anilines is 1. The van der Waals surface area contributed by atoms with Crippen molar-refractivity contribution in [2.75, 3.05) is 44.0 Å². The van der Waals surface area contributed by atoms with E-state index in [1.807, 2.05) is 43.4 Å². The molecule has 6 heteroatoms. The SMILES string of the molecule is CN(Cc1ccccc1N1CCOCC1)C(=O)[C@@H]1CSc2ccccc2O1. The summed E-state index contributed by atoms with van der Waals surface area (Å²) in [6.07, 6.45) is -0.439. The van der Waals surface area contributed by atoms with Crippen LogP contribution in [0.5, 0.6) is 5.75 Å². The fourth-order valence-electron chi connectivity index (χ4n) is 3.48. The highest BCUT2D eigenvalue weighted by Crippen LogP contribution is 2.35. The molecule has 0 unspecified atom stereocenters. The molecular formula is C21H24N2O3S. The van der Waals surface area contributed by atoms with Crippen LogP contribution in [-0.2, 0) is 16.1 Å². The lowest BCUT2D eigenvalue weighted by Crippen LogP contribution is -2.42. The topological polar surface area (TPSA) is 42.0 Å². The van der Waals surface area contributed by atoms with Crippen molar-refractivity contribution in [1.82, 2.24) is 4.90 Å². The van der Waals surface area contributed by atoms with Gasteiger partial charge in [0.1, 0.15) is 5.75 Å². The van der Waals surface area contributed by atoms with Crippen molar-refractivity contribution in [2.45, 2.75) is 17.5 Å². The summed E-state index contributed by atoms with van der Waals surface area (Å²) in [5, 5.41) is 0. The van der Waals surface area contributed by atoms with E-state index in [0.717, 1.165) is 42.5 Å². The van der Waals surface area contributed by atoms with Crippen LogP contribution in [0.4, 0.5) is 5.69 Å². The molecule has 1 saturated heterocycles. The van der Waals surface area contributed by atoms with Crippen LogP contribution < -0.4 is 9.64 Å². The highest BCUT2D eigenvalue weighted by Gasteiger charge is 2.29. The van der Waals surface area contributed by atoms with Crippen LogP contribution in [0.25, 0.3) is 0 Å². The van der Waals surface area contributed by atoms with Crippen molar-refractivity contribution in [3.8, 4) is 5.75 Å². The van der Waals surface area contributed by atoms with E-state index in [0.29, 0.717) is 12.3 Å². The fraction of sp³-hybridized carbons (Fsp3) is 0.381. The minimum Gasteiger partial charge on any atom is -0.479 e. The molecule has 0 radical (unpaired) electrons. The number of morpholine rings is 1. The third-order valence-electron chi connectivity index (χ3n) is 4.91. The van der Waals surface area contributed by atoms with Gasteiger partial charge in [-0.1, -0.05) is 30.3 Å². The van der Waals surface area contributed by atoms with Gasteiger partial charge in [0.05, 0.1) is 13.2 Å². The van der Waals surface area contributed by atoms with Gasteiger partial charge in [-0.05, 0) is 23.8 Å². The third-order valence-corrected chi connectivity index (χ3v) is 6.03. The Kier molecular flexibility index (Phi) is 5.55. The highest BCUT2D eigenvalue weighted by atomic mass is 32.2. The molecule has 2 aliphatic rings. The number of benzene rings is 2. The van der Waals surface area contributed by atoms with Gasteiger partial charge < -0.3 is 19.3 Å². The lowest BCUT2D eigenvalue weighted by Gasteiger charge is -2.32. The van der Waals surface area contributed by atoms with Crippen molar-refractivity contribution in [3.63, 3.8) is 0 Å². The number of thioether (sulfide) groups is 1. The van der Waals surface area contributed by atoms with Crippen LogP contribution in [-0.4, -0.2) is 56.0 Å². The zero-order chi connectivity index (χ0) is 18.6. The number of nitrogens with zero attached hydrogens (tertiary/aromatic N) is 2. The average Bonchev–Trinajstić information content (AvgIpc) is 2.74. The Hall–Kier alpha value is -2.18. The predicted octanol–water partition coefficient (Wildman–Crippen LogP) is 3.03. The lowest BCUT2D eigenvalue weighted by molar-refractivity contribution is -0.137. The number of carbonyl (C=O) groups is 1. The summed E-state index contributed by atoms with van der Waals surface area (Å²) in [5.41, 5.74) is 2.34. The molecule has 0 aliphatic carbocycles. The first kappa shape index (κ1) is 18.2. The number of rotatable bonds is 4. The van der Waals surface area contributed by atoms with Crippen molar-refractivity contribution < 1.29 is 14.3 Å². The second-order valence-electron chi connectivity index (χ2n) is 6.79. The largest absolute Gasteiger partial charge is 0.479 e. The molecule has 2 aliphatic heterocycles. The van der Waals surface area contributed by atoms with Crippen LogP contribution in [0.15, 0.2) is 53.4 Å². The van der Waals surface area contributed by atoms with E-state index in [9.17, 15) is 4.79 Å². The van der Waals surface area contributed by atoms with Gasteiger partial charge in [-0.2, -0.15) is 0 Å². The van der Waals surface area contributed by atoms with Gasteiger partial charge in [-0.3, -0.25) is 4.79 Å². The molecule has 1 atom stereocenters. The summed E-state index contributed by atoms with van der Waals surface area (Å²) in [6.45, 7) is 3.82. The van der Waals surface area contributed by atoms with Crippen molar-refractivity contribution in [1.29, 1.82) is 0 Å². The quantitative estimate of drug-likeness (QED) is 0.811. The predicted molar refractivity (Wildman–Crippen MR) is 108 cm³/mol. The summed E-state index contributed by atoms with van der Waals surface area (Å²) >= 11 is 1.68. The third kappa shape index (κ3) is 4.06. The summed E-state index contributed by atoms with van der Waals surface area (Å²) < 4.78 is 11.4. The van der Waals surface area contributed by atoms with E-state index in [1.54, 1.807) is 16.7 Å². The van der Waals surface area contributed by atoms with Gasteiger partial charge in [0.25, 0.3) is 5.91 Å². The summed E-state index contributed by atoms with van der Waals surface area (Å²) in [5.74, 6) is 1.47. The number of hydrogen-bond acceptors (Lipinski definition) is 5. The smallest absolute Gasteiger partial charge is 0.264 e. The Morgan fingerprint density at radius 2 is 1.89 bits per heavy atom. The maximum Gasteiger partial charge on any atom is 0.264 e. The van der Waals surface area contributed by atoms with Crippen LogP contribution >= 0.6 is 11.8 Å². The molecular weight excluding hydrogens is 360 g/mol. The summed E-state index contributed by atoms with van der Waals surface area (Å²) in [6, 6.07) is 16.2. The van der Waals surface area contributed by atoms with Gasteiger partial charge in [-0.25, -0.2) is 0 Å². The Morgan fingerprint density at radius 1 is 1.15 bits per heavy atom. The lowest BCUT2D eigenvalue weighted by atomic mass is 10.1. The number of likely N-dealkylation sites (N-methyl/N-ethyl adjacent to an activating group) is 1. The van der Waals surface area contributed by atoms with Gasteiger partial charge in [0, 0.05) is 43.0 Å². The molecule has 27 heavy (non-hydrogen) atoms. The van der Waals surface area contributed by atoms with E-state index in [4.69, 9.17) is 9.47 Å². The molecule has 0 spiro atoms. The molecule has 1 amide bonds. The van der Waals surface area contributed by atoms with Gasteiger partial charge in [0.2, 0.25) is 0 Å². The minimum absolute atomic E-state index is 0.0220. The number of hydrogen-bond donors (Lipinski definition) is 0. The standard InChI is InChI=1S/C21H24N2O3S/c1-22(21(24)19-15-27-20-9-5-4-8-18(20)26-19)14-16-6-2-3-7-17(16)23-10-12-25-13-11-23/h2-9,19H,10-15H2,1H3/t19-/m0/s1. The van der Waals surface area contributed by atoms with Crippen LogP contribution in [0, 0.1) is 0 Å². The normalized spacial score (nSPS) is 19.1. The first-order valence-electron chi connectivity index (χ1n) is 9.26. The van der Waals surface area contributed by atoms with Crippen LogP contribution in [0.3, 0.4) is 0 Å². The van der Waals surface area contributed by atoms with E-state index in [1.165, 1.54) is 5.69 Å². The van der Waals surface area contributed by atoms with Crippen LogP contribution in [0.1, 0.15) is 5.56 Å². The molecule has 5 nitrogen and oxygen atoms in total. The zero-order valence-electron chi connectivity index (χ0n) is 15.5. The van der Waals surface area contributed by atoms with Gasteiger partial charge >= 0.3 is 0 Å². The molecule has 142 valence electrons. The second-order valence-corrected chi connectivity index (χ2v) is 7.85. The Morgan fingerprint density at radius 3 is 2.74 bits per heavy atom. The summed E-state index contributed by atoms with van der Waals surface area (Å²) in [7, 11) is 1.85. The highest BCUT2D eigenvalue weighted by molar-refractivity contribution is 7.99. The fourth-order valence-corrected chi connectivity index (χ4v) is 4.45. The number of para-hydroxylation sites is 2. The zero-order valence-corrected chi connectivity index (χ0v) is 16.3. The molecule has 2 heterocycles. The molecule has 0 aromatic heterocycles. The maximum absolute atomic E-state index is 13.0. The van der Waals surface area contributed by atoms with Gasteiger partial charge in [-0.15, -0.1) is 11.8 Å². The minimum atomic E-state index is -0.439. The van der Waals surface area contributed by atoms with E-state index in [-0.39, 0.29) is 5.91 Å². The number of amides is 1. The summed E-state index contributed by atoms with van der Waals surface area (Å²) in [4.78, 5) is 18.2. The van der Waals surface area contributed by atoms with E-state index >= 15 is 0 Å². The molecule has 4 rings (SSSR count). The Balaban J connectivity index is 1.45. The molecule has 2 aromatic rings. The Bertz CT molecular complexity index is 808. The molecule has 1 fully saturated rings. The molecule has 0 N–H and O–H groups in total. The number of fused-ring (bicyclic) bond motifs is 1.